The van der Waals surface area contributed by atoms with Gasteiger partial charge >= 0.3 is 0 Å². The van der Waals surface area contributed by atoms with E-state index in [1.165, 1.54) is 5.52 Å². The van der Waals surface area contributed by atoms with Crippen molar-refractivity contribution in [2.45, 2.75) is 24.4 Å². The molecule has 0 spiro atoms. The Morgan fingerprint density at radius 2 is 1.77 bits per heavy atom. The van der Waals surface area contributed by atoms with Gasteiger partial charge in [0.05, 0.1) is 27.8 Å². The van der Waals surface area contributed by atoms with Crippen molar-refractivity contribution < 1.29 is 0 Å². The fourth-order valence-electron chi connectivity index (χ4n) is 2.68. The van der Waals surface area contributed by atoms with Crippen LogP contribution < -0.4 is 0 Å². The minimum atomic E-state index is 0.790. The summed E-state index contributed by atoms with van der Waals surface area (Å²) in [6.07, 6.45) is 0. The maximum absolute atomic E-state index is 4.74. The first-order valence-electron chi connectivity index (χ1n) is 7.37. The van der Waals surface area contributed by atoms with E-state index in [-0.39, 0.29) is 0 Å². The number of hydrogen-bond donors (Lipinski definition) is 1. The van der Waals surface area contributed by atoms with Gasteiger partial charge in [0.1, 0.15) is 5.82 Å². The molecule has 2 aromatic heterocycles. The molecule has 0 unspecified atom stereocenters. The molecule has 0 atom stereocenters. The number of thioether (sulfide) groups is 1. The van der Waals surface area contributed by atoms with Crippen molar-refractivity contribution in [1.82, 2.24) is 19.5 Å². The number of nitrogens with zero attached hydrogens (tertiary/aromatic N) is 3. The molecule has 0 amide bonds. The van der Waals surface area contributed by atoms with Gasteiger partial charge in [-0.15, -0.1) is 0 Å². The number of aromatic amines is 1. The van der Waals surface area contributed by atoms with Gasteiger partial charge in [0.25, 0.3) is 0 Å². The van der Waals surface area contributed by atoms with Gasteiger partial charge in [-0.3, -0.25) is 0 Å². The van der Waals surface area contributed by atoms with E-state index in [4.69, 9.17) is 4.98 Å². The normalized spacial score (nSPS) is 11.5. The van der Waals surface area contributed by atoms with Gasteiger partial charge < -0.3 is 9.55 Å². The lowest BCUT2D eigenvalue weighted by Gasteiger charge is -2.04. The number of aromatic nitrogens is 4. The average Bonchev–Trinajstić information content (AvgIpc) is 3.12. The second-order valence-corrected chi connectivity index (χ2v) is 6.06. The number of H-pyrrole nitrogens is 1. The summed E-state index contributed by atoms with van der Waals surface area (Å²) < 4.78 is 2.25. The van der Waals surface area contributed by atoms with E-state index in [2.05, 4.69) is 45.7 Å². The molecule has 22 heavy (non-hydrogen) atoms. The first-order chi connectivity index (χ1) is 10.8. The molecule has 1 N–H and O–H groups in total. The first-order valence-corrected chi connectivity index (χ1v) is 8.35. The van der Waals surface area contributed by atoms with Gasteiger partial charge in [-0.2, -0.15) is 0 Å². The summed E-state index contributed by atoms with van der Waals surface area (Å²) in [5.41, 5.74) is 4.35. The summed E-state index contributed by atoms with van der Waals surface area (Å²) in [5.74, 6) is 1.78. The zero-order chi connectivity index (χ0) is 14.9. The number of hydrogen-bond acceptors (Lipinski definition) is 3. The summed E-state index contributed by atoms with van der Waals surface area (Å²) >= 11 is 1.72. The zero-order valence-electron chi connectivity index (χ0n) is 12.3. The molecule has 0 saturated carbocycles. The largest absolute Gasteiger partial charge is 0.341 e. The number of para-hydroxylation sites is 4. The van der Waals surface area contributed by atoms with Crippen molar-refractivity contribution in [3.8, 4) is 0 Å². The van der Waals surface area contributed by atoms with E-state index in [1.807, 2.05) is 24.3 Å². The fourth-order valence-corrected chi connectivity index (χ4v) is 3.62. The van der Waals surface area contributed by atoms with Gasteiger partial charge in [0.2, 0.25) is 0 Å². The van der Waals surface area contributed by atoms with E-state index in [0.29, 0.717) is 0 Å². The number of aryl methyl sites for hydroxylation is 1. The SMILES string of the molecule is CCn1c(SCc2nc3ccccc3[nH]2)nc2ccccc21. The lowest BCUT2D eigenvalue weighted by atomic mass is 10.3. The Bertz CT molecular complexity index is 905. The second kappa shape index (κ2) is 5.50. The van der Waals surface area contributed by atoms with Gasteiger partial charge in [-0.1, -0.05) is 36.0 Å². The summed E-state index contributed by atoms with van der Waals surface area (Å²) in [4.78, 5) is 12.7. The molecule has 0 radical (unpaired) electrons. The summed E-state index contributed by atoms with van der Waals surface area (Å²) in [5, 5.41) is 1.05. The number of imidazole rings is 2. The molecule has 4 nitrogen and oxygen atoms in total. The molecule has 0 aliphatic carbocycles. The molecule has 2 aromatic carbocycles. The van der Waals surface area contributed by atoms with Gasteiger partial charge in [-0.25, -0.2) is 9.97 Å². The lowest BCUT2D eigenvalue weighted by molar-refractivity contribution is 0.702. The Kier molecular flexibility index (Phi) is 3.35. The number of nitrogens with one attached hydrogen (secondary N) is 1. The standard InChI is InChI=1S/C17H16N4S/c1-2-21-15-10-6-5-9-14(15)20-17(21)22-11-16-18-12-7-3-4-8-13(12)19-16/h3-10H,2,11H2,1H3,(H,18,19). The fraction of sp³-hybridized carbons (Fsp3) is 0.176. The van der Waals surface area contributed by atoms with Crippen molar-refractivity contribution >= 4 is 33.8 Å². The Hall–Kier alpha value is -2.27. The predicted octanol–water partition coefficient (Wildman–Crippen LogP) is 4.22. The van der Waals surface area contributed by atoms with Gasteiger partial charge in [0.15, 0.2) is 5.16 Å². The predicted molar refractivity (Wildman–Crippen MR) is 91.1 cm³/mol. The van der Waals surface area contributed by atoms with Crippen molar-refractivity contribution in [1.29, 1.82) is 0 Å². The van der Waals surface area contributed by atoms with Crippen LogP contribution in [0.3, 0.4) is 0 Å². The van der Waals surface area contributed by atoms with E-state index >= 15 is 0 Å². The second-order valence-electron chi connectivity index (χ2n) is 5.12. The topological polar surface area (TPSA) is 46.5 Å². The van der Waals surface area contributed by atoms with Crippen LogP contribution in [-0.4, -0.2) is 19.5 Å². The van der Waals surface area contributed by atoms with Crippen molar-refractivity contribution in [3.63, 3.8) is 0 Å². The Balaban J connectivity index is 1.63. The molecular weight excluding hydrogens is 292 g/mol. The van der Waals surface area contributed by atoms with E-state index in [1.54, 1.807) is 11.8 Å². The molecule has 110 valence electrons. The monoisotopic (exact) mass is 308 g/mol. The molecule has 4 rings (SSSR count). The van der Waals surface area contributed by atoms with Crippen LogP contribution >= 0.6 is 11.8 Å². The molecule has 0 aliphatic rings. The van der Waals surface area contributed by atoms with E-state index in [9.17, 15) is 0 Å². The highest BCUT2D eigenvalue weighted by atomic mass is 32.2. The Labute approximate surface area is 132 Å². The third kappa shape index (κ3) is 2.27. The minimum absolute atomic E-state index is 0.790. The summed E-state index contributed by atoms with van der Waals surface area (Å²) in [6, 6.07) is 16.4. The van der Waals surface area contributed by atoms with Crippen LogP contribution in [0.25, 0.3) is 22.1 Å². The van der Waals surface area contributed by atoms with Crippen molar-refractivity contribution in [2.75, 3.05) is 0 Å². The van der Waals surface area contributed by atoms with Crippen LogP contribution in [0.2, 0.25) is 0 Å². The molecule has 4 aromatic rings. The minimum Gasteiger partial charge on any atom is -0.341 e. The number of benzene rings is 2. The first kappa shape index (κ1) is 13.4. The van der Waals surface area contributed by atoms with Crippen LogP contribution in [0.5, 0.6) is 0 Å². The van der Waals surface area contributed by atoms with Crippen LogP contribution in [0.15, 0.2) is 53.7 Å². The number of rotatable bonds is 4. The third-order valence-corrected chi connectivity index (χ3v) is 4.70. The van der Waals surface area contributed by atoms with Gasteiger partial charge in [-0.05, 0) is 31.2 Å². The molecule has 5 heteroatoms. The summed E-state index contributed by atoms with van der Waals surface area (Å²) in [6.45, 7) is 3.07. The van der Waals surface area contributed by atoms with Crippen LogP contribution in [0, 0.1) is 0 Å². The third-order valence-electron chi connectivity index (χ3n) is 3.71. The highest BCUT2D eigenvalue weighted by Crippen LogP contribution is 2.26. The van der Waals surface area contributed by atoms with E-state index in [0.717, 1.165) is 39.8 Å². The maximum Gasteiger partial charge on any atom is 0.169 e. The Morgan fingerprint density at radius 3 is 2.59 bits per heavy atom. The average molecular weight is 308 g/mol. The van der Waals surface area contributed by atoms with Crippen LogP contribution in [0.4, 0.5) is 0 Å². The van der Waals surface area contributed by atoms with E-state index < -0.39 is 0 Å². The highest BCUT2D eigenvalue weighted by molar-refractivity contribution is 7.98. The zero-order valence-corrected chi connectivity index (χ0v) is 13.1. The van der Waals surface area contributed by atoms with Gasteiger partial charge in [0, 0.05) is 6.54 Å². The molecule has 0 fully saturated rings. The highest BCUT2D eigenvalue weighted by Gasteiger charge is 2.11. The molecule has 0 aliphatic heterocycles. The van der Waals surface area contributed by atoms with Crippen molar-refractivity contribution in [3.05, 3.63) is 54.4 Å². The lowest BCUT2D eigenvalue weighted by Crippen LogP contribution is -1.96. The summed E-state index contributed by atoms with van der Waals surface area (Å²) in [7, 11) is 0. The van der Waals surface area contributed by atoms with Crippen LogP contribution in [0.1, 0.15) is 12.7 Å². The smallest absolute Gasteiger partial charge is 0.169 e. The Morgan fingerprint density at radius 1 is 1.00 bits per heavy atom. The molecule has 2 heterocycles. The van der Waals surface area contributed by atoms with Crippen LogP contribution in [-0.2, 0) is 12.3 Å². The quantitative estimate of drug-likeness (QED) is 0.574. The van der Waals surface area contributed by atoms with Crippen molar-refractivity contribution in [2.24, 2.45) is 0 Å². The molecular formula is C17H16N4S. The molecule has 0 saturated heterocycles. The number of fused-ring (bicyclic) bond motifs is 2. The molecule has 0 bridgehead atoms. The maximum atomic E-state index is 4.74.